The van der Waals surface area contributed by atoms with Crippen molar-refractivity contribution in [2.75, 3.05) is 26.2 Å². The van der Waals surface area contributed by atoms with Gasteiger partial charge in [0.05, 0.1) is 6.10 Å². The van der Waals surface area contributed by atoms with Crippen LogP contribution in [0.1, 0.15) is 34.3 Å². The number of benzene rings is 1. The van der Waals surface area contributed by atoms with Crippen molar-refractivity contribution < 1.29 is 14.6 Å². The Morgan fingerprint density at radius 2 is 1.90 bits per heavy atom. The summed E-state index contributed by atoms with van der Waals surface area (Å²) in [5, 5.41) is 19.8. The molecule has 2 aliphatic rings. The highest BCUT2D eigenvalue weighted by atomic mass is 16.5. The molecule has 2 aromatic rings. The van der Waals surface area contributed by atoms with Crippen molar-refractivity contribution in [2.24, 2.45) is 0 Å². The quantitative estimate of drug-likeness (QED) is 0.520. The number of hydrogen-bond acceptors (Lipinski definition) is 6. The molecule has 0 bridgehead atoms. The molecule has 4 rings (SSSR count). The van der Waals surface area contributed by atoms with E-state index < -0.39 is 6.10 Å². The molecule has 2 heterocycles. The molecule has 4 N–H and O–H groups in total. The Balaban J connectivity index is 1.20. The van der Waals surface area contributed by atoms with Crippen molar-refractivity contribution in [3.63, 3.8) is 0 Å². The van der Waals surface area contributed by atoms with Gasteiger partial charge in [0.15, 0.2) is 0 Å². The molecule has 1 aromatic heterocycles. The number of aliphatic hydroxyl groups excluding tert-OH is 1. The third kappa shape index (κ3) is 5.56. The van der Waals surface area contributed by atoms with Gasteiger partial charge in [-0.15, -0.1) is 0 Å². The summed E-state index contributed by atoms with van der Waals surface area (Å²) in [6.07, 6.45) is 4.89. The van der Waals surface area contributed by atoms with Gasteiger partial charge in [-0.1, -0.05) is 24.3 Å². The molecular weight excluding hydrogens is 380 g/mol. The number of amides is 1. The number of carbonyl (C=O) groups is 1. The summed E-state index contributed by atoms with van der Waals surface area (Å²) in [5.74, 6) is 0.234. The molecule has 1 aliphatic heterocycles. The van der Waals surface area contributed by atoms with E-state index in [1.54, 1.807) is 18.3 Å². The second-order valence-corrected chi connectivity index (χ2v) is 8.10. The monoisotopic (exact) mass is 410 g/mol. The first-order chi connectivity index (χ1) is 14.7. The zero-order valence-corrected chi connectivity index (χ0v) is 17.1. The van der Waals surface area contributed by atoms with Gasteiger partial charge in [0, 0.05) is 37.0 Å². The van der Waals surface area contributed by atoms with Crippen LogP contribution < -0.4 is 20.7 Å². The van der Waals surface area contributed by atoms with Crippen LogP contribution in [0.15, 0.2) is 42.6 Å². The van der Waals surface area contributed by atoms with E-state index in [1.807, 2.05) is 0 Å². The molecule has 1 amide bonds. The average molecular weight is 411 g/mol. The second-order valence-electron chi connectivity index (χ2n) is 8.10. The van der Waals surface area contributed by atoms with Crippen LogP contribution in [0.5, 0.6) is 5.88 Å². The molecule has 1 unspecified atom stereocenters. The minimum atomic E-state index is -0.648. The van der Waals surface area contributed by atoms with Crippen molar-refractivity contribution in [3.8, 4) is 5.88 Å². The number of fused-ring (bicyclic) bond motifs is 1. The van der Waals surface area contributed by atoms with Gasteiger partial charge >= 0.3 is 0 Å². The summed E-state index contributed by atoms with van der Waals surface area (Å²) in [6.45, 7) is 2.51. The van der Waals surface area contributed by atoms with Crippen LogP contribution in [-0.4, -0.2) is 60.4 Å². The number of nitrogens with one attached hydrogen (secondary N) is 3. The minimum absolute atomic E-state index is 0.131. The Bertz CT molecular complexity index is 829. The van der Waals surface area contributed by atoms with E-state index in [0.717, 1.165) is 38.8 Å². The van der Waals surface area contributed by atoms with Gasteiger partial charge in [0.25, 0.3) is 5.91 Å². The predicted octanol–water partition coefficient (Wildman–Crippen LogP) is 1.06. The topological polar surface area (TPSA) is 95.5 Å². The van der Waals surface area contributed by atoms with Crippen molar-refractivity contribution in [1.82, 2.24) is 20.9 Å². The maximum atomic E-state index is 12.5. The maximum absolute atomic E-state index is 12.5. The third-order valence-corrected chi connectivity index (χ3v) is 5.76. The number of nitrogens with zero attached hydrogens (tertiary/aromatic N) is 1. The first kappa shape index (κ1) is 20.8. The molecule has 30 heavy (non-hydrogen) atoms. The van der Waals surface area contributed by atoms with Gasteiger partial charge in [0.1, 0.15) is 6.10 Å². The van der Waals surface area contributed by atoms with Gasteiger partial charge < -0.3 is 25.8 Å². The van der Waals surface area contributed by atoms with E-state index in [1.165, 1.54) is 11.1 Å². The first-order valence-electron chi connectivity index (χ1n) is 10.8. The normalized spacial score (nSPS) is 18.0. The van der Waals surface area contributed by atoms with Gasteiger partial charge in [-0.05, 0) is 56.0 Å². The highest BCUT2D eigenvalue weighted by Gasteiger charge is 2.21. The Hall–Kier alpha value is -2.48. The van der Waals surface area contributed by atoms with E-state index in [-0.39, 0.29) is 18.6 Å². The summed E-state index contributed by atoms with van der Waals surface area (Å²) in [7, 11) is 0. The summed E-state index contributed by atoms with van der Waals surface area (Å²) in [5.41, 5.74) is 3.23. The molecular formula is C23H30N4O3. The number of rotatable bonds is 8. The smallest absolute Gasteiger partial charge is 0.251 e. The number of aromatic nitrogens is 1. The molecule has 1 fully saturated rings. The van der Waals surface area contributed by atoms with Crippen LogP contribution in [-0.2, 0) is 12.8 Å². The van der Waals surface area contributed by atoms with Crippen LogP contribution >= 0.6 is 0 Å². The number of pyridine rings is 1. The fourth-order valence-electron chi connectivity index (χ4n) is 4.09. The van der Waals surface area contributed by atoms with E-state index >= 15 is 0 Å². The highest BCUT2D eigenvalue weighted by Crippen LogP contribution is 2.21. The molecule has 1 saturated heterocycles. The van der Waals surface area contributed by atoms with Gasteiger partial charge in [-0.3, -0.25) is 4.79 Å². The van der Waals surface area contributed by atoms with Crippen molar-refractivity contribution in [1.29, 1.82) is 0 Å². The molecule has 1 atom stereocenters. The Labute approximate surface area is 177 Å². The lowest BCUT2D eigenvalue weighted by molar-refractivity contribution is 0.0912. The lowest BCUT2D eigenvalue weighted by Gasteiger charge is -2.23. The van der Waals surface area contributed by atoms with Crippen LogP contribution in [0.25, 0.3) is 0 Å². The zero-order chi connectivity index (χ0) is 20.8. The first-order valence-corrected chi connectivity index (χ1v) is 10.8. The van der Waals surface area contributed by atoms with E-state index in [4.69, 9.17) is 4.74 Å². The minimum Gasteiger partial charge on any atom is -0.474 e. The molecule has 0 saturated carbocycles. The van der Waals surface area contributed by atoms with Crippen molar-refractivity contribution >= 4 is 5.91 Å². The van der Waals surface area contributed by atoms with Crippen molar-refractivity contribution in [2.45, 2.75) is 43.9 Å². The van der Waals surface area contributed by atoms with Crippen LogP contribution in [0.2, 0.25) is 0 Å². The largest absolute Gasteiger partial charge is 0.474 e. The SMILES string of the molecule is O=C(NCC(O)CNC1Cc2ccccc2C1)c1ccnc(OC2CCNCC2)c1. The lowest BCUT2D eigenvalue weighted by atomic mass is 10.1. The van der Waals surface area contributed by atoms with Crippen LogP contribution in [0, 0.1) is 0 Å². The van der Waals surface area contributed by atoms with E-state index in [0.29, 0.717) is 24.0 Å². The number of aliphatic hydroxyl groups is 1. The van der Waals surface area contributed by atoms with Crippen LogP contribution in [0.3, 0.4) is 0 Å². The Morgan fingerprint density at radius 3 is 2.63 bits per heavy atom. The Kier molecular flexibility index (Phi) is 6.94. The Morgan fingerprint density at radius 1 is 1.17 bits per heavy atom. The number of piperidine rings is 1. The average Bonchev–Trinajstić information content (AvgIpc) is 3.20. The highest BCUT2D eigenvalue weighted by molar-refractivity contribution is 5.94. The summed E-state index contributed by atoms with van der Waals surface area (Å²) >= 11 is 0. The number of ether oxygens (including phenoxy) is 1. The second kappa shape index (κ2) is 10.0. The summed E-state index contributed by atoms with van der Waals surface area (Å²) in [6, 6.07) is 12.1. The maximum Gasteiger partial charge on any atom is 0.251 e. The lowest BCUT2D eigenvalue weighted by Crippen LogP contribution is -2.41. The fourth-order valence-corrected chi connectivity index (χ4v) is 4.09. The fraction of sp³-hybridized carbons (Fsp3) is 0.478. The van der Waals surface area contributed by atoms with Gasteiger partial charge in [-0.25, -0.2) is 4.98 Å². The molecule has 1 aromatic carbocycles. The van der Waals surface area contributed by atoms with Gasteiger partial charge in [-0.2, -0.15) is 0 Å². The molecule has 0 radical (unpaired) electrons. The van der Waals surface area contributed by atoms with E-state index in [9.17, 15) is 9.90 Å². The molecule has 160 valence electrons. The predicted molar refractivity (Wildman–Crippen MR) is 115 cm³/mol. The molecule has 1 aliphatic carbocycles. The van der Waals surface area contributed by atoms with Crippen LogP contribution in [0.4, 0.5) is 0 Å². The van der Waals surface area contributed by atoms with E-state index in [2.05, 4.69) is 45.2 Å². The molecule has 0 spiro atoms. The summed E-state index contributed by atoms with van der Waals surface area (Å²) in [4.78, 5) is 16.7. The number of hydrogen-bond donors (Lipinski definition) is 4. The molecule has 7 nitrogen and oxygen atoms in total. The standard InChI is InChI=1S/C23H30N4O3/c28-20(14-26-19-11-16-3-1-2-4-17(16)12-19)15-27-23(29)18-5-10-25-22(13-18)30-21-6-8-24-9-7-21/h1-5,10,13,19-21,24,26,28H,6-9,11-12,14-15H2,(H,27,29). The van der Waals surface area contributed by atoms with Crippen molar-refractivity contribution in [3.05, 3.63) is 59.3 Å². The third-order valence-electron chi connectivity index (χ3n) is 5.76. The van der Waals surface area contributed by atoms with Gasteiger partial charge in [0.2, 0.25) is 5.88 Å². The zero-order valence-electron chi connectivity index (χ0n) is 17.1. The summed E-state index contributed by atoms with van der Waals surface area (Å²) < 4.78 is 5.90. The molecule has 7 heteroatoms. The number of carbonyl (C=O) groups excluding carboxylic acids is 1.